The minimum Gasteiger partial charge on any atom is -0.395 e. The molecule has 1 aliphatic carbocycles. The maximum atomic E-state index is 9.01. The molecular weight excluding hydrogens is 292 g/mol. The summed E-state index contributed by atoms with van der Waals surface area (Å²) in [6.45, 7) is 1.34. The summed E-state index contributed by atoms with van der Waals surface area (Å²) in [6.07, 6.45) is 10.2. The van der Waals surface area contributed by atoms with Crippen LogP contribution in [0.25, 0.3) is 11.0 Å². The van der Waals surface area contributed by atoms with E-state index in [4.69, 9.17) is 5.11 Å². The Kier molecular flexibility index (Phi) is 5.07. The van der Waals surface area contributed by atoms with Crippen molar-refractivity contribution in [2.45, 2.75) is 32.1 Å². The van der Waals surface area contributed by atoms with Gasteiger partial charge >= 0.3 is 0 Å². The third-order valence-corrected chi connectivity index (χ3v) is 4.11. The first-order valence-electron chi connectivity index (χ1n) is 8.24. The molecule has 0 spiro atoms. The Morgan fingerprint density at radius 1 is 1.22 bits per heavy atom. The highest BCUT2D eigenvalue weighted by molar-refractivity contribution is 5.87. The summed E-state index contributed by atoms with van der Waals surface area (Å²) in [5.41, 5.74) is 2.31. The highest BCUT2D eigenvalue weighted by atomic mass is 16.3. The highest BCUT2D eigenvalue weighted by Crippen LogP contribution is 2.22. The van der Waals surface area contributed by atoms with Crippen LogP contribution in [-0.4, -0.2) is 44.6 Å². The third-order valence-electron chi connectivity index (χ3n) is 4.11. The van der Waals surface area contributed by atoms with Gasteiger partial charge in [0.25, 0.3) is 0 Å². The number of hydrogen-bond acceptors (Lipinski definition) is 6. The Morgan fingerprint density at radius 2 is 2.13 bits per heavy atom. The average molecular weight is 316 g/mol. The molecular formula is C16H24N6O. The first kappa shape index (κ1) is 15.7. The number of nitrogens with one attached hydrogen (secondary N) is 2. The van der Waals surface area contributed by atoms with Crippen LogP contribution in [0, 0.1) is 0 Å². The fourth-order valence-electron chi connectivity index (χ4n) is 2.88. The van der Waals surface area contributed by atoms with Crippen LogP contribution in [0.15, 0.2) is 17.8 Å². The smallest absolute Gasteiger partial charge is 0.226 e. The lowest BCUT2D eigenvalue weighted by Gasteiger charge is -2.13. The van der Waals surface area contributed by atoms with Crippen LogP contribution in [0.1, 0.15) is 32.1 Å². The van der Waals surface area contributed by atoms with E-state index in [9.17, 15) is 0 Å². The Bertz CT molecular complexity index is 693. The van der Waals surface area contributed by atoms with Crippen molar-refractivity contribution in [3.8, 4) is 0 Å². The predicted molar refractivity (Wildman–Crippen MR) is 91.5 cm³/mol. The number of aryl methyl sites for hydroxylation is 1. The van der Waals surface area contributed by atoms with E-state index in [1.165, 1.54) is 31.3 Å². The van der Waals surface area contributed by atoms with Gasteiger partial charge in [-0.2, -0.15) is 15.1 Å². The van der Waals surface area contributed by atoms with Gasteiger partial charge in [0.1, 0.15) is 5.82 Å². The number of allylic oxidation sites excluding steroid dienone is 1. The van der Waals surface area contributed by atoms with Gasteiger partial charge in [-0.25, -0.2) is 0 Å². The standard InChI is InChI=1S/C16H24N6O/c1-22-15-13(11-19-22)14(17-9-10-23)20-16(21-15)18-8-7-12-5-3-2-4-6-12/h5,11,23H,2-4,6-10H2,1H3,(H2,17,18,20,21). The zero-order valence-electron chi connectivity index (χ0n) is 13.5. The van der Waals surface area contributed by atoms with Crippen molar-refractivity contribution >= 4 is 22.8 Å². The lowest BCUT2D eigenvalue weighted by atomic mass is 9.97. The van der Waals surface area contributed by atoms with Gasteiger partial charge in [0, 0.05) is 20.1 Å². The van der Waals surface area contributed by atoms with E-state index >= 15 is 0 Å². The van der Waals surface area contributed by atoms with E-state index < -0.39 is 0 Å². The van der Waals surface area contributed by atoms with Gasteiger partial charge in [-0.1, -0.05) is 11.6 Å². The number of aliphatic hydroxyl groups is 1. The molecule has 2 heterocycles. The van der Waals surface area contributed by atoms with Crippen LogP contribution in [0.2, 0.25) is 0 Å². The van der Waals surface area contributed by atoms with E-state index in [2.05, 4.69) is 31.8 Å². The molecule has 0 aliphatic heterocycles. The Balaban J connectivity index is 1.71. The number of hydrogen-bond donors (Lipinski definition) is 3. The van der Waals surface area contributed by atoms with E-state index in [1.54, 1.807) is 10.9 Å². The molecule has 124 valence electrons. The molecule has 23 heavy (non-hydrogen) atoms. The number of anilines is 2. The van der Waals surface area contributed by atoms with Gasteiger partial charge in [-0.3, -0.25) is 4.68 Å². The molecule has 0 bridgehead atoms. The molecule has 0 unspecified atom stereocenters. The molecule has 0 saturated carbocycles. The molecule has 2 aromatic rings. The van der Waals surface area contributed by atoms with Crippen LogP contribution in [0.5, 0.6) is 0 Å². The largest absolute Gasteiger partial charge is 0.395 e. The predicted octanol–water partition coefficient (Wildman–Crippen LogP) is 2.07. The van der Waals surface area contributed by atoms with Gasteiger partial charge in [0.2, 0.25) is 5.95 Å². The maximum Gasteiger partial charge on any atom is 0.226 e. The summed E-state index contributed by atoms with van der Waals surface area (Å²) < 4.78 is 1.73. The SMILES string of the molecule is Cn1ncc2c(NCCO)nc(NCCC3=CCCCC3)nc21. The van der Waals surface area contributed by atoms with E-state index in [-0.39, 0.29) is 6.61 Å². The zero-order valence-corrected chi connectivity index (χ0v) is 13.5. The third kappa shape index (κ3) is 3.79. The summed E-state index contributed by atoms with van der Waals surface area (Å²) in [5, 5.41) is 20.5. The van der Waals surface area contributed by atoms with Gasteiger partial charge in [-0.15, -0.1) is 0 Å². The molecule has 0 aromatic carbocycles. The van der Waals surface area contributed by atoms with Crippen molar-refractivity contribution in [3.05, 3.63) is 17.8 Å². The summed E-state index contributed by atoms with van der Waals surface area (Å²) in [4.78, 5) is 9.06. The van der Waals surface area contributed by atoms with Crippen LogP contribution < -0.4 is 10.6 Å². The number of aliphatic hydroxyl groups excluding tert-OH is 1. The van der Waals surface area contributed by atoms with Gasteiger partial charge in [0.15, 0.2) is 5.65 Å². The summed E-state index contributed by atoms with van der Waals surface area (Å²) >= 11 is 0. The number of fused-ring (bicyclic) bond motifs is 1. The second-order valence-electron chi connectivity index (χ2n) is 5.84. The fraction of sp³-hybridized carbons (Fsp3) is 0.562. The number of nitrogens with zero attached hydrogens (tertiary/aromatic N) is 4. The van der Waals surface area contributed by atoms with Gasteiger partial charge in [0.05, 0.1) is 18.2 Å². The van der Waals surface area contributed by atoms with Crippen LogP contribution in [-0.2, 0) is 7.05 Å². The van der Waals surface area contributed by atoms with Crippen molar-refractivity contribution in [3.63, 3.8) is 0 Å². The second-order valence-corrected chi connectivity index (χ2v) is 5.84. The molecule has 2 aromatic heterocycles. The summed E-state index contributed by atoms with van der Waals surface area (Å²) in [5.74, 6) is 1.30. The maximum absolute atomic E-state index is 9.01. The molecule has 3 rings (SSSR count). The summed E-state index contributed by atoms with van der Waals surface area (Å²) in [7, 11) is 1.86. The average Bonchev–Trinajstić information content (AvgIpc) is 2.95. The molecule has 0 fully saturated rings. The first-order chi connectivity index (χ1) is 11.3. The van der Waals surface area contributed by atoms with Crippen molar-refractivity contribution in [2.24, 2.45) is 7.05 Å². The monoisotopic (exact) mass is 316 g/mol. The molecule has 0 saturated heterocycles. The minimum atomic E-state index is 0.0582. The molecule has 0 amide bonds. The van der Waals surface area contributed by atoms with E-state index in [0.29, 0.717) is 18.3 Å². The van der Waals surface area contributed by atoms with Crippen molar-refractivity contribution in [2.75, 3.05) is 30.3 Å². The number of aromatic nitrogens is 4. The number of rotatable bonds is 7. The normalized spacial score (nSPS) is 14.8. The Labute approximate surface area is 135 Å². The van der Waals surface area contributed by atoms with Crippen molar-refractivity contribution in [1.82, 2.24) is 19.7 Å². The van der Waals surface area contributed by atoms with Crippen LogP contribution in [0.3, 0.4) is 0 Å². The quantitative estimate of drug-likeness (QED) is 0.678. The second kappa shape index (κ2) is 7.41. The van der Waals surface area contributed by atoms with E-state index in [0.717, 1.165) is 24.0 Å². The zero-order chi connectivity index (χ0) is 16.1. The molecule has 7 nitrogen and oxygen atoms in total. The molecule has 0 atom stereocenters. The first-order valence-corrected chi connectivity index (χ1v) is 8.24. The fourth-order valence-corrected chi connectivity index (χ4v) is 2.88. The van der Waals surface area contributed by atoms with Crippen LogP contribution >= 0.6 is 0 Å². The van der Waals surface area contributed by atoms with Gasteiger partial charge in [-0.05, 0) is 32.1 Å². The minimum absolute atomic E-state index is 0.0582. The van der Waals surface area contributed by atoms with E-state index in [1.807, 2.05) is 7.05 Å². The molecule has 3 N–H and O–H groups in total. The Morgan fingerprint density at radius 3 is 2.91 bits per heavy atom. The lowest BCUT2D eigenvalue weighted by Crippen LogP contribution is -2.12. The van der Waals surface area contributed by atoms with Crippen LogP contribution in [0.4, 0.5) is 11.8 Å². The molecule has 7 heteroatoms. The molecule has 0 radical (unpaired) electrons. The summed E-state index contributed by atoms with van der Waals surface area (Å²) in [6, 6.07) is 0. The van der Waals surface area contributed by atoms with Crippen molar-refractivity contribution in [1.29, 1.82) is 0 Å². The topological polar surface area (TPSA) is 87.9 Å². The molecule has 1 aliphatic rings. The van der Waals surface area contributed by atoms with Gasteiger partial charge < -0.3 is 15.7 Å². The Hall–Kier alpha value is -2.15. The lowest BCUT2D eigenvalue weighted by molar-refractivity contribution is 0.311. The highest BCUT2D eigenvalue weighted by Gasteiger charge is 2.11. The van der Waals surface area contributed by atoms with Crippen molar-refractivity contribution < 1.29 is 5.11 Å².